The van der Waals surface area contributed by atoms with Crippen molar-refractivity contribution in [1.29, 1.82) is 0 Å². The number of alkyl halides is 3. The highest BCUT2D eigenvalue weighted by atomic mass is 19.4. The third-order valence-corrected chi connectivity index (χ3v) is 3.43. The van der Waals surface area contributed by atoms with Crippen molar-refractivity contribution < 1.29 is 23.4 Å². The molecule has 0 spiro atoms. The van der Waals surface area contributed by atoms with E-state index in [4.69, 9.17) is 0 Å². The van der Waals surface area contributed by atoms with E-state index in [9.17, 15) is 23.4 Å². The highest BCUT2D eigenvalue weighted by Gasteiger charge is 2.55. The molecular formula is C10H17F3O2. The van der Waals surface area contributed by atoms with E-state index in [0.29, 0.717) is 12.8 Å². The average Bonchev–Trinajstić information content (AvgIpc) is 2.01. The summed E-state index contributed by atoms with van der Waals surface area (Å²) >= 11 is 0. The van der Waals surface area contributed by atoms with Crippen molar-refractivity contribution >= 4 is 0 Å². The minimum atomic E-state index is -4.60. The van der Waals surface area contributed by atoms with E-state index in [1.54, 1.807) is 6.92 Å². The molecule has 15 heavy (non-hydrogen) atoms. The molecule has 2 N–H and O–H groups in total. The lowest BCUT2D eigenvalue weighted by Crippen LogP contribution is -2.51. The fourth-order valence-corrected chi connectivity index (χ4v) is 2.03. The molecule has 0 bridgehead atoms. The predicted octanol–water partition coefficient (Wildman–Crippen LogP) is 2.24. The first-order valence-corrected chi connectivity index (χ1v) is 5.08. The molecule has 0 heterocycles. The zero-order valence-corrected chi connectivity index (χ0v) is 8.93. The second-order valence-electron chi connectivity index (χ2n) is 4.92. The third-order valence-electron chi connectivity index (χ3n) is 3.43. The van der Waals surface area contributed by atoms with Crippen LogP contribution in [0.5, 0.6) is 0 Å². The number of hydrogen-bond acceptors (Lipinski definition) is 2. The largest absolute Gasteiger partial charge is 0.417 e. The summed E-state index contributed by atoms with van der Waals surface area (Å²) in [5.41, 5.74) is -3.51. The molecule has 90 valence electrons. The van der Waals surface area contributed by atoms with Gasteiger partial charge in [0.25, 0.3) is 0 Å². The molecule has 2 nitrogen and oxygen atoms in total. The number of aliphatic hydroxyl groups is 2. The molecule has 1 rings (SSSR count). The summed E-state index contributed by atoms with van der Waals surface area (Å²) < 4.78 is 37.5. The van der Waals surface area contributed by atoms with E-state index < -0.39 is 23.3 Å². The van der Waals surface area contributed by atoms with Gasteiger partial charge >= 0.3 is 6.18 Å². The lowest BCUT2D eigenvalue weighted by Gasteiger charge is -2.41. The van der Waals surface area contributed by atoms with E-state index in [1.165, 1.54) is 0 Å². The van der Waals surface area contributed by atoms with Crippen LogP contribution in [-0.2, 0) is 0 Å². The van der Waals surface area contributed by atoms with Gasteiger partial charge in [-0.05, 0) is 45.4 Å². The van der Waals surface area contributed by atoms with Crippen LogP contribution < -0.4 is 0 Å². The Morgan fingerprint density at radius 2 is 1.60 bits per heavy atom. The fourth-order valence-electron chi connectivity index (χ4n) is 2.03. The van der Waals surface area contributed by atoms with Gasteiger partial charge in [0.05, 0.1) is 5.60 Å². The van der Waals surface area contributed by atoms with Gasteiger partial charge in [-0.15, -0.1) is 0 Å². The van der Waals surface area contributed by atoms with E-state index in [-0.39, 0.29) is 12.8 Å². The zero-order valence-electron chi connectivity index (χ0n) is 8.93. The molecule has 0 aromatic heterocycles. The Hall–Kier alpha value is -0.290. The lowest BCUT2D eigenvalue weighted by atomic mass is 9.72. The molecule has 0 aromatic rings. The van der Waals surface area contributed by atoms with Gasteiger partial charge in [-0.25, -0.2) is 0 Å². The van der Waals surface area contributed by atoms with Crippen molar-refractivity contribution in [1.82, 2.24) is 0 Å². The maximum Gasteiger partial charge on any atom is 0.417 e. The summed E-state index contributed by atoms with van der Waals surface area (Å²) in [7, 11) is 0. The monoisotopic (exact) mass is 226 g/mol. The molecule has 5 heteroatoms. The van der Waals surface area contributed by atoms with Crippen LogP contribution in [-0.4, -0.2) is 27.6 Å². The molecule has 1 aliphatic carbocycles. The Balaban J connectivity index is 2.68. The minimum absolute atomic E-state index is 0.208. The number of halogens is 3. The van der Waals surface area contributed by atoms with Crippen LogP contribution in [0.15, 0.2) is 0 Å². The van der Waals surface area contributed by atoms with E-state index in [1.807, 2.05) is 0 Å². The van der Waals surface area contributed by atoms with Crippen LogP contribution in [0.2, 0.25) is 0 Å². The van der Waals surface area contributed by atoms with Crippen molar-refractivity contribution in [2.75, 3.05) is 0 Å². The molecule has 0 aliphatic heterocycles. The van der Waals surface area contributed by atoms with Gasteiger partial charge in [0.1, 0.15) is 0 Å². The molecule has 1 aliphatic rings. The quantitative estimate of drug-likeness (QED) is 0.719. The second-order valence-corrected chi connectivity index (χ2v) is 4.92. The SMILES string of the molecule is CC1(O)CCC(C(C)(O)C(F)(F)F)CC1. The molecule has 1 unspecified atom stereocenters. The van der Waals surface area contributed by atoms with Crippen LogP contribution in [0.1, 0.15) is 39.5 Å². The molecule has 1 saturated carbocycles. The average molecular weight is 226 g/mol. The summed E-state index contributed by atoms with van der Waals surface area (Å²) in [5.74, 6) is -0.808. The van der Waals surface area contributed by atoms with Crippen LogP contribution >= 0.6 is 0 Å². The van der Waals surface area contributed by atoms with Gasteiger partial charge in [0, 0.05) is 0 Å². The van der Waals surface area contributed by atoms with Crippen molar-refractivity contribution in [2.45, 2.75) is 56.9 Å². The van der Waals surface area contributed by atoms with Crippen LogP contribution in [0.3, 0.4) is 0 Å². The molecular weight excluding hydrogens is 209 g/mol. The first-order valence-electron chi connectivity index (χ1n) is 5.08. The van der Waals surface area contributed by atoms with Gasteiger partial charge in [-0.2, -0.15) is 13.2 Å². The molecule has 0 saturated heterocycles. The Labute approximate surface area is 87.1 Å². The topological polar surface area (TPSA) is 40.5 Å². The second kappa shape index (κ2) is 3.63. The number of rotatable bonds is 1. The smallest absolute Gasteiger partial charge is 0.390 e. The van der Waals surface area contributed by atoms with Crippen molar-refractivity contribution in [3.05, 3.63) is 0 Å². The molecule has 0 radical (unpaired) electrons. The third kappa shape index (κ3) is 2.64. The highest BCUT2D eigenvalue weighted by Crippen LogP contribution is 2.44. The Kier molecular flexibility index (Phi) is 3.09. The van der Waals surface area contributed by atoms with E-state index in [2.05, 4.69) is 0 Å². The summed E-state index contributed by atoms with van der Waals surface area (Å²) in [6.07, 6.45) is -3.56. The lowest BCUT2D eigenvalue weighted by molar-refractivity contribution is -0.277. The maximum atomic E-state index is 12.5. The number of hydrogen-bond donors (Lipinski definition) is 2. The maximum absolute atomic E-state index is 12.5. The molecule has 1 fully saturated rings. The van der Waals surface area contributed by atoms with Gasteiger partial charge < -0.3 is 10.2 Å². The van der Waals surface area contributed by atoms with Gasteiger partial charge in [0.15, 0.2) is 5.60 Å². The standard InChI is InChI=1S/C10H17F3O2/c1-8(14)5-3-7(4-6-8)9(2,15)10(11,12)13/h7,14-15H,3-6H2,1-2H3. The van der Waals surface area contributed by atoms with Crippen molar-refractivity contribution in [3.63, 3.8) is 0 Å². The van der Waals surface area contributed by atoms with Crippen LogP contribution in [0, 0.1) is 5.92 Å². The fraction of sp³-hybridized carbons (Fsp3) is 1.00. The Bertz CT molecular complexity index is 223. The molecule has 1 atom stereocenters. The molecule has 0 amide bonds. The summed E-state index contributed by atoms with van der Waals surface area (Å²) in [4.78, 5) is 0. The Morgan fingerprint density at radius 1 is 1.20 bits per heavy atom. The summed E-state index contributed by atoms with van der Waals surface area (Å²) in [6.45, 7) is 2.43. The minimum Gasteiger partial charge on any atom is -0.390 e. The molecule has 0 aromatic carbocycles. The van der Waals surface area contributed by atoms with Gasteiger partial charge in [-0.1, -0.05) is 0 Å². The van der Waals surface area contributed by atoms with Crippen molar-refractivity contribution in [3.8, 4) is 0 Å². The predicted molar refractivity (Wildman–Crippen MR) is 49.3 cm³/mol. The Morgan fingerprint density at radius 3 is 1.93 bits per heavy atom. The van der Waals surface area contributed by atoms with E-state index in [0.717, 1.165) is 6.92 Å². The van der Waals surface area contributed by atoms with Crippen LogP contribution in [0.4, 0.5) is 13.2 Å². The summed E-state index contributed by atoms with van der Waals surface area (Å²) in [6, 6.07) is 0. The van der Waals surface area contributed by atoms with Crippen LogP contribution in [0.25, 0.3) is 0 Å². The first kappa shape index (κ1) is 12.8. The first-order chi connectivity index (χ1) is 6.56. The normalized spacial score (nSPS) is 37.4. The summed E-state index contributed by atoms with van der Waals surface area (Å²) in [5, 5.41) is 19.0. The zero-order chi connectivity index (χ0) is 11.9. The van der Waals surface area contributed by atoms with Crippen molar-refractivity contribution in [2.24, 2.45) is 5.92 Å². The highest BCUT2D eigenvalue weighted by molar-refractivity contribution is 4.94. The van der Waals surface area contributed by atoms with E-state index >= 15 is 0 Å². The van der Waals surface area contributed by atoms with Gasteiger partial charge in [0.2, 0.25) is 0 Å². The van der Waals surface area contributed by atoms with Gasteiger partial charge in [-0.3, -0.25) is 0 Å².